The molecule has 0 amide bonds. The second-order valence-electron chi connectivity index (χ2n) is 3.94. The highest BCUT2D eigenvalue weighted by molar-refractivity contribution is 7.98. The Balaban J connectivity index is 2.16. The third kappa shape index (κ3) is 3.24. The molecule has 0 aliphatic heterocycles. The monoisotopic (exact) mass is 291 g/mol. The third-order valence-electron chi connectivity index (χ3n) is 2.68. The summed E-state index contributed by atoms with van der Waals surface area (Å²) < 4.78 is 5.02. The summed E-state index contributed by atoms with van der Waals surface area (Å²) in [5.41, 5.74) is 0.232. The second kappa shape index (κ2) is 6.33. The van der Waals surface area contributed by atoms with E-state index in [0.717, 1.165) is 0 Å². The van der Waals surface area contributed by atoms with Crippen LogP contribution in [0.2, 0.25) is 0 Å². The largest absolute Gasteiger partial charge is 0.497 e. The number of aromatic amines is 1. The van der Waals surface area contributed by atoms with Gasteiger partial charge in [0.2, 0.25) is 0 Å². The van der Waals surface area contributed by atoms with E-state index in [4.69, 9.17) is 4.74 Å². The van der Waals surface area contributed by atoms with Crippen LogP contribution in [0, 0.1) is 0 Å². The van der Waals surface area contributed by atoms with Gasteiger partial charge >= 0.3 is 0 Å². The first-order chi connectivity index (χ1) is 9.63. The quantitative estimate of drug-likeness (QED) is 0.660. The van der Waals surface area contributed by atoms with Crippen LogP contribution in [-0.4, -0.2) is 34.3 Å². The molecule has 0 atom stereocenters. The molecule has 6 nitrogen and oxygen atoms in total. The number of carbonyl (C=O) groups excluding carboxylic acids is 1. The predicted molar refractivity (Wildman–Crippen MR) is 75.5 cm³/mol. The standard InChI is InChI=1S/C13H13N3O3S/c1-19-9-5-3-8(4-6-9)11(17)7-10-12(18)14-13(20-2)16-15-10/h3-6H,7H2,1-2H3,(H,14,16,18). The lowest BCUT2D eigenvalue weighted by molar-refractivity contribution is 0.0991. The summed E-state index contributed by atoms with van der Waals surface area (Å²) in [7, 11) is 1.55. The van der Waals surface area contributed by atoms with Gasteiger partial charge in [0, 0.05) is 5.56 Å². The van der Waals surface area contributed by atoms with E-state index in [1.54, 1.807) is 37.6 Å². The highest BCUT2D eigenvalue weighted by atomic mass is 32.2. The van der Waals surface area contributed by atoms with Crippen molar-refractivity contribution in [3.8, 4) is 5.75 Å². The summed E-state index contributed by atoms with van der Waals surface area (Å²) in [4.78, 5) is 26.3. The van der Waals surface area contributed by atoms with E-state index in [0.29, 0.717) is 16.5 Å². The second-order valence-corrected chi connectivity index (χ2v) is 4.73. The van der Waals surface area contributed by atoms with E-state index in [1.807, 2.05) is 0 Å². The number of nitrogens with zero attached hydrogens (tertiary/aromatic N) is 2. The van der Waals surface area contributed by atoms with Crippen molar-refractivity contribution in [3.05, 3.63) is 45.9 Å². The SMILES string of the molecule is COc1ccc(C(=O)Cc2nnc(SC)[nH]c2=O)cc1. The maximum atomic E-state index is 12.1. The number of aromatic nitrogens is 3. The van der Waals surface area contributed by atoms with E-state index in [2.05, 4.69) is 15.2 Å². The Labute approximate surface area is 119 Å². The van der Waals surface area contributed by atoms with Crippen molar-refractivity contribution in [2.75, 3.05) is 13.4 Å². The van der Waals surface area contributed by atoms with Crippen LogP contribution in [0.5, 0.6) is 5.75 Å². The third-order valence-corrected chi connectivity index (χ3v) is 3.25. The number of methoxy groups -OCH3 is 1. The zero-order valence-electron chi connectivity index (χ0n) is 11.0. The number of nitrogens with one attached hydrogen (secondary N) is 1. The van der Waals surface area contributed by atoms with Crippen LogP contribution in [0.25, 0.3) is 0 Å². The topological polar surface area (TPSA) is 84.9 Å². The predicted octanol–water partition coefficient (Wildman–Crippen LogP) is 1.32. The lowest BCUT2D eigenvalue weighted by Crippen LogP contribution is -2.20. The van der Waals surface area contributed by atoms with Crippen LogP contribution < -0.4 is 10.3 Å². The lowest BCUT2D eigenvalue weighted by Gasteiger charge is -2.02. The van der Waals surface area contributed by atoms with Crippen LogP contribution in [0.3, 0.4) is 0 Å². The van der Waals surface area contributed by atoms with Crippen LogP contribution in [0.15, 0.2) is 34.2 Å². The van der Waals surface area contributed by atoms with Crippen molar-refractivity contribution in [1.29, 1.82) is 0 Å². The van der Waals surface area contributed by atoms with E-state index in [9.17, 15) is 9.59 Å². The Morgan fingerprint density at radius 3 is 2.55 bits per heavy atom. The van der Waals surface area contributed by atoms with Gasteiger partial charge < -0.3 is 4.74 Å². The summed E-state index contributed by atoms with van der Waals surface area (Å²) in [5.74, 6) is 0.480. The molecule has 1 aromatic heterocycles. The number of hydrogen-bond donors (Lipinski definition) is 1. The molecule has 0 aliphatic rings. The Morgan fingerprint density at radius 1 is 1.30 bits per heavy atom. The molecule has 0 aliphatic carbocycles. The van der Waals surface area contributed by atoms with Gasteiger partial charge in [-0.1, -0.05) is 11.8 Å². The number of thioether (sulfide) groups is 1. The van der Waals surface area contributed by atoms with Gasteiger partial charge in [0.1, 0.15) is 11.4 Å². The molecular formula is C13H13N3O3S. The molecule has 1 aromatic carbocycles. The Kier molecular flexibility index (Phi) is 4.52. The molecular weight excluding hydrogens is 278 g/mol. The fourth-order valence-electron chi connectivity index (χ4n) is 1.58. The van der Waals surface area contributed by atoms with Crippen molar-refractivity contribution >= 4 is 17.5 Å². The number of H-pyrrole nitrogens is 1. The highest BCUT2D eigenvalue weighted by Crippen LogP contribution is 2.12. The zero-order chi connectivity index (χ0) is 14.5. The summed E-state index contributed by atoms with van der Waals surface area (Å²) in [6, 6.07) is 6.69. The number of Topliss-reactive ketones (excluding diaryl/α,β-unsaturated/α-hetero) is 1. The van der Waals surface area contributed by atoms with Crippen molar-refractivity contribution in [2.45, 2.75) is 11.6 Å². The number of benzene rings is 1. The van der Waals surface area contributed by atoms with Crippen LogP contribution >= 0.6 is 11.8 Å². The molecule has 1 N–H and O–H groups in total. The zero-order valence-corrected chi connectivity index (χ0v) is 11.9. The van der Waals surface area contributed by atoms with Gasteiger partial charge in [0.05, 0.1) is 13.5 Å². The fourth-order valence-corrected chi connectivity index (χ4v) is 1.90. The average molecular weight is 291 g/mol. The van der Waals surface area contributed by atoms with Gasteiger partial charge in [-0.25, -0.2) is 0 Å². The molecule has 2 rings (SSSR count). The molecule has 20 heavy (non-hydrogen) atoms. The maximum Gasteiger partial charge on any atom is 0.274 e. The molecule has 0 radical (unpaired) electrons. The number of carbonyl (C=O) groups is 1. The Bertz CT molecular complexity index is 667. The summed E-state index contributed by atoms with van der Waals surface area (Å²) in [5, 5.41) is 8.03. The van der Waals surface area contributed by atoms with E-state index >= 15 is 0 Å². The van der Waals surface area contributed by atoms with Gasteiger partial charge in [0.25, 0.3) is 5.56 Å². The summed E-state index contributed by atoms with van der Waals surface area (Å²) in [6.45, 7) is 0. The highest BCUT2D eigenvalue weighted by Gasteiger charge is 2.12. The number of hydrogen-bond acceptors (Lipinski definition) is 6. The van der Waals surface area contributed by atoms with Gasteiger partial charge in [-0.15, -0.1) is 10.2 Å². The first kappa shape index (κ1) is 14.3. The summed E-state index contributed by atoms with van der Waals surface area (Å²) in [6.07, 6.45) is 1.70. The average Bonchev–Trinajstić information content (AvgIpc) is 2.49. The minimum absolute atomic E-state index is 0.0800. The first-order valence-electron chi connectivity index (χ1n) is 5.81. The number of ether oxygens (including phenoxy) is 1. The number of rotatable bonds is 5. The van der Waals surface area contributed by atoms with Gasteiger partial charge in [-0.05, 0) is 30.5 Å². The van der Waals surface area contributed by atoms with Gasteiger partial charge in [-0.2, -0.15) is 0 Å². The molecule has 7 heteroatoms. The maximum absolute atomic E-state index is 12.1. The molecule has 0 saturated carbocycles. The lowest BCUT2D eigenvalue weighted by atomic mass is 10.1. The molecule has 2 aromatic rings. The Hall–Kier alpha value is -2.15. The van der Waals surface area contributed by atoms with Crippen LogP contribution in [0.1, 0.15) is 16.1 Å². The van der Waals surface area contributed by atoms with E-state index in [-0.39, 0.29) is 23.5 Å². The molecule has 104 valence electrons. The van der Waals surface area contributed by atoms with Crippen molar-refractivity contribution in [1.82, 2.24) is 15.2 Å². The molecule has 0 unspecified atom stereocenters. The number of ketones is 1. The van der Waals surface area contributed by atoms with Gasteiger partial charge in [0.15, 0.2) is 10.9 Å². The molecule has 0 saturated heterocycles. The Morgan fingerprint density at radius 2 is 2.00 bits per heavy atom. The van der Waals surface area contributed by atoms with E-state index in [1.165, 1.54) is 11.8 Å². The van der Waals surface area contributed by atoms with Crippen molar-refractivity contribution in [2.24, 2.45) is 0 Å². The normalized spacial score (nSPS) is 10.3. The van der Waals surface area contributed by atoms with Crippen LogP contribution in [0.4, 0.5) is 0 Å². The van der Waals surface area contributed by atoms with Gasteiger partial charge in [-0.3, -0.25) is 14.6 Å². The smallest absolute Gasteiger partial charge is 0.274 e. The van der Waals surface area contributed by atoms with Crippen LogP contribution in [-0.2, 0) is 6.42 Å². The summed E-state index contributed by atoms with van der Waals surface area (Å²) >= 11 is 1.28. The molecule has 0 bridgehead atoms. The molecule has 0 fully saturated rings. The minimum Gasteiger partial charge on any atom is -0.497 e. The molecule has 0 spiro atoms. The fraction of sp³-hybridized carbons (Fsp3) is 0.231. The van der Waals surface area contributed by atoms with Crippen molar-refractivity contribution in [3.63, 3.8) is 0 Å². The minimum atomic E-state index is -0.383. The van der Waals surface area contributed by atoms with Crippen molar-refractivity contribution < 1.29 is 9.53 Å². The molecule has 1 heterocycles. The van der Waals surface area contributed by atoms with E-state index < -0.39 is 0 Å². The first-order valence-corrected chi connectivity index (χ1v) is 7.03.